The number of hydrogen-bond donors (Lipinski definition) is 1. The van der Waals surface area contributed by atoms with E-state index in [1.807, 2.05) is 4.57 Å². The molecule has 0 saturated heterocycles. The van der Waals surface area contributed by atoms with Crippen LogP contribution in [0.3, 0.4) is 0 Å². The first-order valence-corrected chi connectivity index (χ1v) is 5.27. The van der Waals surface area contributed by atoms with Crippen molar-refractivity contribution < 1.29 is 0 Å². The number of aromatic nitrogens is 3. The molecule has 0 fully saturated rings. The minimum Gasteiger partial charge on any atom is -0.368 e. The van der Waals surface area contributed by atoms with Gasteiger partial charge in [0, 0.05) is 11.3 Å². The highest BCUT2D eigenvalue weighted by molar-refractivity contribution is 7.99. The van der Waals surface area contributed by atoms with Crippen LogP contribution in [0.5, 0.6) is 0 Å². The molecule has 74 valence electrons. The van der Waals surface area contributed by atoms with Gasteiger partial charge < -0.3 is 5.73 Å². The third-order valence-electron chi connectivity index (χ3n) is 1.55. The lowest BCUT2D eigenvalue weighted by Crippen LogP contribution is -2.07. The van der Waals surface area contributed by atoms with Crippen molar-refractivity contribution in [1.82, 2.24) is 14.8 Å². The van der Waals surface area contributed by atoms with Crippen LogP contribution in [0.2, 0.25) is 0 Å². The molecule has 1 aromatic rings. The maximum absolute atomic E-state index is 5.69. The molecular weight excluding hydrogens is 184 g/mol. The molecule has 0 aromatic carbocycles. The van der Waals surface area contributed by atoms with Gasteiger partial charge in [0.2, 0.25) is 5.95 Å². The molecule has 0 bridgehead atoms. The van der Waals surface area contributed by atoms with Crippen LogP contribution >= 0.6 is 11.8 Å². The summed E-state index contributed by atoms with van der Waals surface area (Å²) in [6, 6.07) is 0.316. The van der Waals surface area contributed by atoms with Gasteiger partial charge in [-0.15, -0.1) is 10.2 Å². The van der Waals surface area contributed by atoms with Gasteiger partial charge in [0.1, 0.15) is 0 Å². The van der Waals surface area contributed by atoms with Crippen LogP contribution in [-0.4, -0.2) is 20.0 Å². The van der Waals surface area contributed by atoms with E-state index in [1.165, 1.54) is 0 Å². The third-order valence-corrected chi connectivity index (χ3v) is 2.51. The summed E-state index contributed by atoms with van der Waals surface area (Å²) in [5.74, 6) is 0.498. The molecule has 13 heavy (non-hydrogen) atoms. The molecule has 0 saturated carbocycles. The molecule has 0 atom stereocenters. The van der Waals surface area contributed by atoms with Gasteiger partial charge in [-0.05, 0) is 13.8 Å². The van der Waals surface area contributed by atoms with E-state index in [-0.39, 0.29) is 0 Å². The monoisotopic (exact) mass is 200 g/mol. The Bertz CT molecular complexity index is 280. The molecular formula is C8H16N4S. The molecule has 1 rings (SSSR count). The number of nitrogens with two attached hydrogens (primary N) is 1. The molecule has 0 spiro atoms. The Morgan fingerprint density at radius 2 is 1.85 bits per heavy atom. The minimum atomic E-state index is 0.316. The molecule has 4 nitrogen and oxygen atoms in total. The number of nitrogen functional groups attached to an aromatic ring is 1. The number of anilines is 1. The van der Waals surface area contributed by atoms with Crippen LogP contribution in [0.25, 0.3) is 0 Å². The first-order chi connectivity index (χ1) is 6.02. The molecule has 0 unspecified atom stereocenters. The van der Waals surface area contributed by atoms with Gasteiger partial charge in [0.15, 0.2) is 5.16 Å². The Morgan fingerprint density at radius 3 is 2.31 bits per heavy atom. The van der Waals surface area contributed by atoms with Gasteiger partial charge in [0.05, 0.1) is 0 Å². The van der Waals surface area contributed by atoms with Crippen molar-refractivity contribution in [3.05, 3.63) is 0 Å². The van der Waals surface area contributed by atoms with Crippen LogP contribution in [0, 0.1) is 0 Å². The summed E-state index contributed by atoms with van der Waals surface area (Å²) in [6.45, 7) is 8.40. The normalized spacial score (nSPS) is 11.5. The highest BCUT2D eigenvalue weighted by Gasteiger charge is 2.13. The van der Waals surface area contributed by atoms with E-state index in [9.17, 15) is 0 Å². The zero-order valence-electron chi connectivity index (χ0n) is 8.48. The average molecular weight is 200 g/mol. The molecule has 0 aliphatic carbocycles. The number of hydrogen-bond acceptors (Lipinski definition) is 4. The van der Waals surface area contributed by atoms with E-state index >= 15 is 0 Å². The minimum absolute atomic E-state index is 0.316. The van der Waals surface area contributed by atoms with Crippen molar-refractivity contribution in [3.63, 3.8) is 0 Å². The van der Waals surface area contributed by atoms with E-state index < -0.39 is 0 Å². The van der Waals surface area contributed by atoms with Crippen LogP contribution < -0.4 is 5.73 Å². The quantitative estimate of drug-likeness (QED) is 0.758. The standard InChI is InChI=1S/C8H16N4S/c1-5(2)12-7(9)10-11-8(12)13-6(3)4/h5-6H,1-4H3,(H2,9,10). The van der Waals surface area contributed by atoms with Gasteiger partial charge in [-0.25, -0.2) is 0 Å². The highest BCUT2D eigenvalue weighted by Crippen LogP contribution is 2.25. The van der Waals surface area contributed by atoms with Crippen molar-refractivity contribution >= 4 is 17.7 Å². The molecule has 1 heterocycles. The lowest BCUT2D eigenvalue weighted by molar-refractivity contribution is 0.556. The van der Waals surface area contributed by atoms with Gasteiger partial charge in [-0.3, -0.25) is 4.57 Å². The summed E-state index contributed by atoms with van der Waals surface area (Å²) in [6.07, 6.45) is 0. The number of nitrogens with zero attached hydrogens (tertiary/aromatic N) is 3. The molecule has 1 aromatic heterocycles. The summed E-state index contributed by atoms with van der Waals surface area (Å²) >= 11 is 1.68. The first-order valence-electron chi connectivity index (χ1n) is 4.39. The Kier molecular flexibility index (Phi) is 3.19. The predicted molar refractivity (Wildman–Crippen MR) is 55.8 cm³/mol. The fraction of sp³-hybridized carbons (Fsp3) is 0.750. The molecule has 2 N–H and O–H groups in total. The van der Waals surface area contributed by atoms with E-state index in [1.54, 1.807) is 11.8 Å². The van der Waals surface area contributed by atoms with E-state index in [0.29, 0.717) is 17.2 Å². The summed E-state index contributed by atoms with van der Waals surface area (Å²) in [5, 5.41) is 9.29. The maximum Gasteiger partial charge on any atom is 0.222 e. The Hall–Kier alpha value is -0.710. The van der Waals surface area contributed by atoms with Crippen LogP contribution in [-0.2, 0) is 0 Å². The fourth-order valence-electron chi connectivity index (χ4n) is 1.06. The topological polar surface area (TPSA) is 56.7 Å². The van der Waals surface area contributed by atoms with Gasteiger partial charge >= 0.3 is 0 Å². The Balaban J connectivity index is 2.94. The fourth-order valence-corrected chi connectivity index (χ4v) is 1.99. The third kappa shape index (κ3) is 2.37. The highest BCUT2D eigenvalue weighted by atomic mass is 32.2. The largest absolute Gasteiger partial charge is 0.368 e. The first kappa shape index (κ1) is 10.4. The lowest BCUT2D eigenvalue weighted by atomic mass is 10.4. The molecule has 0 radical (unpaired) electrons. The summed E-state index contributed by atoms with van der Waals surface area (Å²) in [7, 11) is 0. The van der Waals surface area contributed by atoms with Crippen molar-refractivity contribution in [1.29, 1.82) is 0 Å². The SMILES string of the molecule is CC(C)Sc1nnc(N)n1C(C)C. The van der Waals surface area contributed by atoms with Gasteiger partial charge in [-0.1, -0.05) is 25.6 Å². The van der Waals surface area contributed by atoms with Gasteiger partial charge in [-0.2, -0.15) is 0 Å². The van der Waals surface area contributed by atoms with E-state index in [4.69, 9.17) is 5.73 Å². The van der Waals surface area contributed by atoms with Gasteiger partial charge in [0.25, 0.3) is 0 Å². The van der Waals surface area contributed by atoms with Crippen LogP contribution in [0.4, 0.5) is 5.95 Å². The van der Waals surface area contributed by atoms with Crippen LogP contribution in [0.1, 0.15) is 33.7 Å². The van der Waals surface area contributed by atoms with Crippen molar-refractivity contribution in [2.24, 2.45) is 0 Å². The zero-order chi connectivity index (χ0) is 10.0. The molecule has 5 heteroatoms. The van der Waals surface area contributed by atoms with Crippen molar-refractivity contribution in [3.8, 4) is 0 Å². The number of thioether (sulfide) groups is 1. The maximum atomic E-state index is 5.69. The second-order valence-electron chi connectivity index (χ2n) is 3.47. The van der Waals surface area contributed by atoms with E-state index in [2.05, 4.69) is 37.9 Å². The molecule has 0 aliphatic heterocycles. The Labute approximate surface area is 82.9 Å². The average Bonchev–Trinajstić information content (AvgIpc) is 2.30. The van der Waals surface area contributed by atoms with Crippen LogP contribution in [0.15, 0.2) is 5.16 Å². The van der Waals surface area contributed by atoms with Crippen molar-refractivity contribution in [2.75, 3.05) is 5.73 Å². The molecule has 0 amide bonds. The van der Waals surface area contributed by atoms with E-state index in [0.717, 1.165) is 5.16 Å². The second kappa shape index (κ2) is 4.00. The lowest BCUT2D eigenvalue weighted by Gasteiger charge is -2.12. The summed E-state index contributed by atoms with van der Waals surface area (Å²) in [5.41, 5.74) is 5.69. The smallest absolute Gasteiger partial charge is 0.222 e. The summed E-state index contributed by atoms with van der Waals surface area (Å²) in [4.78, 5) is 0. The predicted octanol–water partition coefficient (Wildman–Crippen LogP) is 1.94. The van der Waals surface area contributed by atoms with Crippen molar-refractivity contribution in [2.45, 2.75) is 44.1 Å². The summed E-state index contributed by atoms with van der Waals surface area (Å²) < 4.78 is 1.95. The Morgan fingerprint density at radius 1 is 1.23 bits per heavy atom. The molecule has 0 aliphatic rings. The second-order valence-corrected chi connectivity index (χ2v) is 5.01. The number of rotatable bonds is 3. The zero-order valence-corrected chi connectivity index (χ0v) is 9.30.